The van der Waals surface area contributed by atoms with Gasteiger partial charge in [-0.25, -0.2) is 4.98 Å². The number of rotatable bonds is 5. The fourth-order valence-corrected chi connectivity index (χ4v) is 4.91. The van der Waals surface area contributed by atoms with E-state index in [1.54, 1.807) is 0 Å². The van der Waals surface area contributed by atoms with Crippen LogP contribution in [-0.4, -0.2) is 40.3 Å². The lowest BCUT2D eigenvalue weighted by Gasteiger charge is -2.28. The Morgan fingerprint density at radius 3 is 2.71 bits per heavy atom. The van der Waals surface area contributed by atoms with E-state index < -0.39 is 0 Å². The highest BCUT2D eigenvalue weighted by molar-refractivity contribution is 7.21. The summed E-state index contributed by atoms with van der Waals surface area (Å²) < 4.78 is 0. The number of benzene rings is 1. The number of fused-ring (bicyclic) bond motifs is 2. The minimum absolute atomic E-state index is 0.00850. The van der Waals surface area contributed by atoms with Crippen LogP contribution in [0.5, 0.6) is 0 Å². The summed E-state index contributed by atoms with van der Waals surface area (Å²) in [6.45, 7) is 8.13. The Hall–Kier alpha value is -2.44. The Labute approximate surface area is 169 Å². The SMILES string of the molecule is CCN(CC)C(=O)c1sc2nc3c(cc2c1N)CN(Cc1ccccc1)CC3. The number of hydrogen-bond acceptors (Lipinski definition) is 5. The molecule has 0 unspecified atom stereocenters. The topological polar surface area (TPSA) is 62.5 Å². The number of pyridine rings is 1. The van der Waals surface area contributed by atoms with Crippen LogP contribution in [0.4, 0.5) is 5.69 Å². The molecule has 0 radical (unpaired) electrons. The maximum atomic E-state index is 12.8. The summed E-state index contributed by atoms with van der Waals surface area (Å²) in [4.78, 5) is 23.4. The van der Waals surface area contributed by atoms with Gasteiger partial charge in [-0.2, -0.15) is 0 Å². The van der Waals surface area contributed by atoms with Crippen molar-refractivity contribution < 1.29 is 4.79 Å². The second-order valence-corrected chi connectivity index (χ2v) is 8.21. The molecule has 1 aliphatic rings. The van der Waals surface area contributed by atoms with Crippen molar-refractivity contribution in [3.63, 3.8) is 0 Å². The van der Waals surface area contributed by atoms with Crippen molar-refractivity contribution in [2.75, 3.05) is 25.4 Å². The molecule has 6 heteroatoms. The van der Waals surface area contributed by atoms with Gasteiger partial charge in [-0.15, -0.1) is 11.3 Å². The third kappa shape index (κ3) is 3.50. The molecule has 0 atom stereocenters. The van der Waals surface area contributed by atoms with Gasteiger partial charge >= 0.3 is 0 Å². The first-order valence-corrected chi connectivity index (χ1v) is 10.7. The molecule has 4 rings (SSSR count). The zero-order chi connectivity index (χ0) is 19.7. The average Bonchev–Trinajstić information content (AvgIpc) is 3.03. The Bertz CT molecular complexity index is 995. The molecule has 1 aromatic carbocycles. The van der Waals surface area contributed by atoms with Gasteiger partial charge in [-0.3, -0.25) is 9.69 Å². The minimum Gasteiger partial charge on any atom is -0.397 e. The molecular weight excluding hydrogens is 368 g/mol. The lowest BCUT2D eigenvalue weighted by molar-refractivity contribution is 0.0779. The Morgan fingerprint density at radius 2 is 2.00 bits per heavy atom. The summed E-state index contributed by atoms with van der Waals surface area (Å²) in [6, 6.07) is 12.7. The molecule has 2 aromatic heterocycles. The van der Waals surface area contributed by atoms with Crippen LogP contribution in [0.25, 0.3) is 10.2 Å². The highest BCUT2D eigenvalue weighted by Crippen LogP contribution is 2.35. The molecule has 0 saturated heterocycles. The van der Waals surface area contributed by atoms with Gasteiger partial charge in [0, 0.05) is 50.2 Å². The Balaban J connectivity index is 1.62. The van der Waals surface area contributed by atoms with Gasteiger partial charge in [-0.05, 0) is 31.0 Å². The van der Waals surface area contributed by atoms with Crippen LogP contribution >= 0.6 is 11.3 Å². The zero-order valence-corrected chi connectivity index (χ0v) is 17.3. The zero-order valence-electron chi connectivity index (χ0n) is 16.4. The van der Waals surface area contributed by atoms with Crippen molar-refractivity contribution in [1.82, 2.24) is 14.8 Å². The van der Waals surface area contributed by atoms with E-state index in [1.807, 2.05) is 24.8 Å². The molecule has 0 fully saturated rings. The van der Waals surface area contributed by atoms with E-state index in [-0.39, 0.29) is 5.91 Å². The molecule has 0 saturated carbocycles. The van der Waals surface area contributed by atoms with Crippen molar-refractivity contribution in [3.05, 3.63) is 58.1 Å². The van der Waals surface area contributed by atoms with Crippen LogP contribution in [0, 0.1) is 0 Å². The summed E-state index contributed by atoms with van der Waals surface area (Å²) in [5.74, 6) is 0.00850. The smallest absolute Gasteiger partial charge is 0.266 e. The fourth-order valence-electron chi connectivity index (χ4n) is 3.85. The van der Waals surface area contributed by atoms with Gasteiger partial charge < -0.3 is 10.6 Å². The summed E-state index contributed by atoms with van der Waals surface area (Å²) in [5.41, 5.74) is 10.6. The number of nitrogens with zero attached hydrogens (tertiary/aromatic N) is 3. The second-order valence-electron chi connectivity index (χ2n) is 7.22. The number of anilines is 1. The standard InChI is InChI=1S/C22H26N4OS/c1-3-26(4-2)22(27)20-19(23)17-12-16-14-25(13-15-8-6-5-7-9-15)11-10-18(16)24-21(17)28-20/h5-9,12H,3-4,10-11,13-14,23H2,1-2H3. The van der Waals surface area contributed by atoms with E-state index in [0.29, 0.717) is 23.7 Å². The Morgan fingerprint density at radius 1 is 1.25 bits per heavy atom. The van der Waals surface area contributed by atoms with Crippen molar-refractivity contribution in [2.45, 2.75) is 33.4 Å². The molecule has 146 valence electrons. The normalized spacial score (nSPS) is 14.2. The largest absolute Gasteiger partial charge is 0.397 e. The van der Waals surface area contributed by atoms with Gasteiger partial charge in [0.2, 0.25) is 0 Å². The van der Waals surface area contributed by atoms with E-state index in [1.165, 1.54) is 22.5 Å². The molecular formula is C22H26N4OS. The number of aromatic nitrogens is 1. The number of nitrogen functional groups attached to an aromatic ring is 1. The van der Waals surface area contributed by atoms with E-state index in [0.717, 1.165) is 42.0 Å². The molecule has 5 nitrogen and oxygen atoms in total. The van der Waals surface area contributed by atoms with E-state index in [2.05, 4.69) is 35.2 Å². The first-order chi connectivity index (χ1) is 13.6. The molecule has 1 amide bonds. The van der Waals surface area contributed by atoms with Crippen LogP contribution in [-0.2, 0) is 19.5 Å². The van der Waals surface area contributed by atoms with Crippen molar-refractivity contribution in [2.24, 2.45) is 0 Å². The maximum Gasteiger partial charge on any atom is 0.266 e. The van der Waals surface area contributed by atoms with Crippen LogP contribution in [0.1, 0.15) is 40.3 Å². The maximum absolute atomic E-state index is 12.8. The van der Waals surface area contributed by atoms with Crippen LogP contribution in [0.3, 0.4) is 0 Å². The third-order valence-corrected chi connectivity index (χ3v) is 6.55. The first kappa shape index (κ1) is 18.9. The highest BCUT2D eigenvalue weighted by Gasteiger charge is 2.24. The average molecular weight is 395 g/mol. The molecule has 28 heavy (non-hydrogen) atoms. The van der Waals surface area contributed by atoms with E-state index >= 15 is 0 Å². The van der Waals surface area contributed by atoms with Gasteiger partial charge in [0.15, 0.2) is 0 Å². The number of thiophene rings is 1. The lowest BCUT2D eigenvalue weighted by atomic mass is 10.0. The quantitative estimate of drug-likeness (QED) is 0.712. The minimum atomic E-state index is 0.00850. The molecule has 0 bridgehead atoms. The van der Waals surface area contributed by atoms with Crippen LogP contribution < -0.4 is 5.73 Å². The molecule has 0 aliphatic carbocycles. The molecule has 3 heterocycles. The predicted molar refractivity (Wildman–Crippen MR) is 116 cm³/mol. The molecule has 0 spiro atoms. The van der Waals surface area contributed by atoms with Crippen LogP contribution in [0.15, 0.2) is 36.4 Å². The molecule has 2 N–H and O–H groups in total. The first-order valence-electron chi connectivity index (χ1n) is 9.87. The van der Waals surface area contributed by atoms with Gasteiger partial charge in [0.25, 0.3) is 5.91 Å². The molecule has 1 aliphatic heterocycles. The van der Waals surface area contributed by atoms with Gasteiger partial charge in [-0.1, -0.05) is 30.3 Å². The fraction of sp³-hybridized carbons (Fsp3) is 0.364. The van der Waals surface area contributed by atoms with Gasteiger partial charge in [0.05, 0.1) is 5.69 Å². The summed E-state index contributed by atoms with van der Waals surface area (Å²) in [6.07, 6.45) is 0.926. The number of amides is 1. The predicted octanol–water partition coefficient (Wildman–Crippen LogP) is 3.92. The summed E-state index contributed by atoms with van der Waals surface area (Å²) in [7, 11) is 0. The van der Waals surface area contributed by atoms with Gasteiger partial charge in [0.1, 0.15) is 9.71 Å². The van der Waals surface area contributed by atoms with Crippen molar-refractivity contribution >= 4 is 33.1 Å². The number of hydrogen-bond donors (Lipinski definition) is 1. The van der Waals surface area contributed by atoms with Crippen molar-refractivity contribution in [1.29, 1.82) is 0 Å². The highest BCUT2D eigenvalue weighted by atomic mass is 32.1. The van der Waals surface area contributed by atoms with Crippen LogP contribution in [0.2, 0.25) is 0 Å². The summed E-state index contributed by atoms with van der Waals surface area (Å²) >= 11 is 1.43. The third-order valence-electron chi connectivity index (χ3n) is 5.44. The monoisotopic (exact) mass is 394 g/mol. The second kappa shape index (κ2) is 7.89. The van der Waals surface area contributed by atoms with E-state index in [4.69, 9.17) is 10.7 Å². The number of carbonyl (C=O) groups excluding carboxylic acids is 1. The molecule has 3 aromatic rings. The van der Waals surface area contributed by atoms with E-state index in [9.17, 15) is 4.79 Å². The number of nitrogens with two attached hydrogens (primary N) is 1. The number of carbonyl (C=O) groups is 1. The summed E-state index contributed by atoms with van der Waals surface area (Å²) in [5, 5.41) is 0.917. The van der Waals surface area contributed by atoms with Crippen molar-refractivity contribution in [3.8, 4) is 0 Å². The lowest BCUT2D eigenvalue weighted by Crippen LogP contribution is -2.30. The Kier molecular flexibility index (Phi) is 5.33.